The van der Waals surface area contributed by atoms with Crippen LogP contribution in [0.2, 0.25) is 0 Å². The maximum Gasteiger partial charge on any atom is 0.338 e. The molecule has 1 atom stereocenters. The third-order valence-corrected chi connectivity index (χ3v) is 4.71. The predicted octanol–water partition coefficient (Wildman–Crippen LogP) is 3.97. The molecular formula is C21H27NO4. The van der Waals surface area contributed by atoms with E-state index in [9.17, 15) is 9.59 Å². The lowest BCUT2D eigenvalue weighted by molar-refractivity contribution is 0.0474. The highest BCUT2D eigenvalue weighted by Gasteiger charge is 2.20. The Morgan fingerprint density at radius 2 is 1.77 bits per heavy atom. The first kappa shape index (κ1) is 19.9. The van der Waals surface area contributed by atoms with E-state index in [4.69, 9.17) is 9.47 Å². The Hall–Kier alpha value is -2.40. The van der Waals surface area contributed by atoms with Crippen LogP contribution in [0.4, 0.5) is 0 Å². The summed E-state index contributed by atoms with van der Waals surface area (Å²) >= 11 is 0. The quantitative estimate of drug-likeness (QED) is 0.556. The van der Waals surface area contributed by atoms with Gasteiger partial charge in [-0.15, -0.1) is 0 Å². The first-order chi connectivity index (χ1) is 12.3. The third kappa shape index (κ3) is 4.22. The van der Waals surface area contributed by atoms with Crippen molar-refractivity contribution in [1.29, 1.82) is 0 Å². The van der Waals surface area contributed by atoms with Crippen molar-refractivity contribution in [3.8, 4) is 0 Å². The molecule has 1 aromatic carbocycles. The summed E-state index contributed by atoms with van der Waals surface area (Å²) in [5, 5.41) is 0. The van der Waals surface area contributed by atoms with Gasteiger partial charge in [0.2, 0.25) is 5.78 Å². The number of carbonyl (C=O) groups is 2. The Morgan fingerprint density at radius 3 is 2.38 bits per heavy atom. The Morgan fingerprint density at radius 1 is 1.08 bits per heavy atom. The lowest BCUT2D eigenvalue weighted by Crippen LogP contribution is -2.17. The van der Waals surface area contributed by atoms with Crippen molar-refractivity contribution in [2.75, 3.05) is 20.3 Å². The van der Waals surface area contributed by atoms with E-state index in [1.165, 1.54) is 0 Å². The second-order valence-corrected chi connectivity index (χ2v) is 6.76. The molecule has 0 spiro atoms. The number of ether oxygens (including phenoxy) is 2. The van der Waals surface area contributed by atoms with Crippen LogP contribution in [0.15, 0.2) is 24.3 Å². The lowest BCUT2D eigenvalue weighted by atomic mass is 10.1. The molecule has 0 fully saturated rings. The molecule has 0 amide bonds. The lowest BCUT2D eigenvalue weighted by Gasteiger charge is -2.17. The number of carbonyl (C=O) groups excluding carboxylic acids is 2. The molecule has 1 aromatic heterocycles. The molecule has 2 rings (SSSR count). The number of methoxy groups -OCH3 is 1. The van der Waals surface area contributed by atoms with Gasteiger partial charge in [0.1, 0.15) is 0 Å². The monoisotopic (exact) mass is 357 g/mol. The topological polar surface area (TPSA) is 57.5 Å². The van der Waals surface area contributed by atoms with Gasteiger partial charge in [0.15, 0.2) is 6.61 Å². The van der Waals surface area contributed by atoms with Crippen LogP contribution in [0.25, 0.3) is 0 Å². The summed E-state index contributed by atoms with van der Waals surface area (Å²) in [5.74, 6) is -0.686. The van der Waals surface area contributed by atoms with Crippen LogP contribution in [-0.2, 0) is 9.47 Å². The number of esters is 1. The molecule has 0 aliphatic rings. The van der Waals surface area contributed by atoms with Gasteiger partial charge in [-0.05, 0) is 63.9 Å². The van der Waals surface area contributed by atoms with Crippen molar-refractivity contribution in [3.05, 3.63) is 57.9 Å². The van der Waals surface area contributed by atoms with Crippen LogP contribution < -0.4 is 0 Å². The first-order valence-corrected chi connectivity index (χ1v) is 8.71. The number of Topliss-reactive ketones (excluding diaryl/α,β-unsaturated/α-hetero) is 1. The van der Waals surface area contributed by atoms with E-state index in [0.717, 1.165) is 22.5 Å². The maximum atomic E-state index is 12.5. The van der Waals surface area contributed by atoms with Crippen LogP contribution >= 0.6 is 0 Å². The Bertz CT molecular complexity index is 820. The molecule has 1 heterocycles. The van der Waals surface area contributed by atoms with E-state index in [0.29, 0.717) is 17.7 Å². The normalized spacial score (nSPS) is 12.1. The highest BCUT2D eigenvalue weighted by atomic mass is 16.5. The van der Waals surface area contributed by atoms with E-state index in [-0.39, 0.29) is 18.4 Å². The molecular weight excluding hydrogens is 330 g/mol. The van der Waals surface area contributed by atoms with Gasteiger partial charge in [0.25, 0.3) is 0 Å². The van der Waals surface area contributed by atoms with Gasteiger partial charge in [-0.3, -0.25) is 4.79 Å². The van der Waals surface area contributed by atoms with Gasteiger partial charge in [0.05, 0.1) is 18.2 Å². The minimum atomic E-state index is -0.483. The number of benzene rings is 1. The van der Waals surface area contributed by atoms with Crippen LogP contribution in [0.3, 0.4) is 0 Å². The van der Waals surface area contributed by atoms with E-state index in [1.807, 2.05) is 46.8 Å². The second-order valence-electron chi connectivity index (χ2n) is 6.76. The smallest absolute Gasteiger partial charge is 0.338 e. The highest BCUT2D eigenvalue weighted by molar-refractivity contribution is 6.00. The van der Waals surface area contributed by atoms with E-state index in [2.05, 4.69) is 4.57 Å². The van der Waals surface area contributed by atoms with Gasteiger partial charge in [-0.25, -0.2) is 4.79 Å². The average molecular weight is 357 g/mol. The van der Waals surface area contributed by atoms with Crippen molar-refractivity contribution in [3.63, 3.8) is 0 Å². The van der Waals surface area contributed by atoms with Gasteiger partial charge in [-0.2, -0.15) is 0 Å². The average Bonchev–Trinajstić information content (AvgIpc) is 2.89. The summed E-state index contributed by atoms with van der Waals surface area (Å²) in [4.78, 5) is 24.7. The van der Waals surface area contributed by atoms with Crippen molar-refractivity contribution in [1.82, 2.24) is 4.57 Å². The van der Waals surface area contributed by atoms with Crippen LogP contribution in [0, 0.1) is 27.7 Å². The van der Waals surface area contributed by atoms with Crippen LogP contribution in [0.5, 0.6) is 0 Å². The molecule has 0 saturated heterocycles. The van der Waals surface area contributed by atoms with Crippen molar-refractivity contribution < 1.29 is 19.1 Å². The molecule has 5 nitrogen and oxygen atoms in total. The molecule has 5 heteroatoms. The molecule has 0 bridgehead atoms. The second kappa shape index (κ2) is 8.32. The number of rotatable bonds is 7. The number of aromatic nitrogens is 1. The molecule has 26 heavy (non-hydrogen) atoms. The molecule has 0 unspecified atom stereocenters. The minimum absolute atomic E-state index is 0.125. The fourth-order valence-corrected chi connectivity index (χ4v) is 3.21. The maximum absolute atomic E-state index is 12.5. The number of ketones is 1. The zero-order valence-electron chi connectivity index (χ0n) is 16.4. The van der Waals surface area contributed by atoms with Crippen molar-refractivity contribution >= 4 is 11.8 Å². The van der Waals surface area contributed by atoms with E-state index >= 15 is 0 Å². The molecule has 0 aliphatic carbocycles. The molecule has 0 radical (unpaired) electrons. The van der Waals surface area contributed by atoms with Crippen molar-refractivity contribution in [2.24, 2.45) is 0 Å². The Kier molecular flexibility index (Phi) is 6.37. The van der Waals surface area contributed by atoms with E-state index in [1.54, 1.807) is 19.2 Å². The fraction of sp³-hybridized carbons (Fsp3) is 0.429. The zero-order valence-corrected chi connectivity index (χ0v) is 16.4. The number of aryl methyl sites for hydroxylation is 3. The highest BCUT2D eigenvalue weighted by Crippen LogP contribution is 2.21. The SMILES string of the molecule is COC[C@H](C)n1c(C)cc(C(=O)COC(=O)c2ccc(C)c(C)c2)c1C. The van der Waals surface area contributed by atoms with Gasteiger partial charge >= 0.3 is 5.97 Å². The standard InChI is InChI=1S/C21H27NO4/c1-13-7-8-18(9-14(13)2)21(24)26-12-20(23)19-10-15(3)22(17(19)5)16(4)11-25-6/h7-10,16H,11-12H2,1-6H3/t16-/m0/s1. The molecule has 0 N–H and O–H groups in total. The Balaban J connectivity index is 2.09. The number of hydrogen-bond acceptors (Lipinski definition) is 4. The van der Waals surface area contributed by atoms with Gasteiger partial charge in [0, 0.05) is 24.1 Å². The predicted molar refractivity (Wildman–Crippen MR) is 101 cm³/mol. The summed E-state index contributed by atoms with van der Waals surface area (Å²) in [7, 11) is 1.66. The summed E-state index contributed by atoms with van der Waals surface area (Å²) in [6.07, 6.45) is 0. The number of hydrogen-bond donors (Lipinski definition) is 0. The summed E-state index contributed by atoms with van der Waals surface area (Å²) in [6, 6.07) is 7.33. The molecule has 140 valence electrons. The van der Waals surface area contributed by atoms with Crippen LogP contribution in [-0.4, -0.2) is 36.6 Å². The largest absolute Gasteiger partial charge is 0.454 e. The zero-order chi connectivity index (χ0) is 19.4. The minimum Gasteiger partial charge on any atom is -0.454 e. The fourth-order valence-electron chi connectivity index (χ4n) is 3.21. The summed E-state index contributed by atoms with van der Waals surface area (Å²) in [6.45, 7) is 10.1. The Labute approximate surface area is 154 Å². The summed E-state index contributed by atoms with van der Waals surface area (Å²) in [5.41, 5.74) is 5.00. The number of nitrogens with zero attached hydrogens (tertiary/aromatic N) is 1. The molecule has 0 aliphatic heterocycles. The first-order valence-electron chi connectivity index (χ1n) is 8.71. The van der Waals surface area contributed by atoms with E-state index < -0.39 is 5.97 Å². The summed E-state index contributed by atoms with van der Waals surface area (Å²) < 4.78 is 12.5. The molecule has 2 aromatic rings. The van der Waals surface area contributed by atoms with Gasteiger partial charge < -0.3 is 14.0 Å². The third-order valence-electron chi connectivity index (χ3n) is 4.71. The molecule has 0 saturated carbocycles. The van der Waals surface area contributed by atoms with Gasteiger partial charge in [-0.1, -0.05) is 6.07 Å². The van der Waals surface area contributed by atoms with Crippen LogP contribution in [0.1, 0.15) is 56.2 Å². The van der Waals surface area contributed by atoms with Crippen molar-refractivity contribution in [2.45, 2.75) is 40.7 Å².